The lowest BCUT2D eigenvalue weighted by atomic mass is 9.92. The second-order valence-electron chi connectivity index (χ2n) is 3.41. The molecule has 1 aliphatic rings. The lowest BCUT2D eigenvalue weighted by Gasteiger charge is -2.35. The number of nitrogens with one attached hydrogen (secondary N) is 1. The number of halogens is 1. The molecule has 2 unspecified atom stereocenters. The van der Waals surface area contributed by atoms with Gasteiger partial charge in [0.15, 0.2) is 0 Å². The van der Waals surface area contributed by atoms with E-state index in [0.717, 1.165) is 5.02 Å². The molecule has 0 saturated carbocycles. The van der Waals surface area contributed by atoms with Crippen LogP contribution >= 0.6 is 11.6 Å². The zero-order chi connectivity index (χ0) is 8.55. The summed E-state index contributed by atoms with van der Waals surface area (Å²) in [6.07, 6.45) is 1.24. The molecule has 0 aromatic heterocycles. The summed E-state index contributed by atoms with van der Waals surface area (Å²) < 4.78 is 0. The van der Waals surface area contributed by atoms with Crippen molar-refractivity contribution < 1.29 is 0 Å². The first-order valence-corrected chi connectivity index (χ1v) is 4.65. The van der Waals surface area contributed by atoms with Crippen LogP contribution in [0.25, 0.3) is 0 Å². The molecule has 1 fully saturated rings. The summed E-state index contributed by atoms with van der Waals surface area (Å²) in [5.74, 6) is 0. The summed E-state index contributed by atoms with van der Waals surface area (Å²) in [5, 5.41) is 4.25. The van der Waals surface area contributed by atoms with Crippen molar-refractivity contribution in [2.45, 2.75) is 25.4 Å². The standard InChI is InChI=1S/C10H12ClN/c1-7-6-10(12-7)8-2-4-9(11)5-3-8/h2-5,7,10,12H,6H2,1H3. The topological polar surface area (TPSA) is 12.0 Å². The molecule has 1 aliphatic heterocycles. The summed E-state index contributed by atoms with van der Waals surface area (Å²) in [4.78, 5) is 0. The highest BCUT2D eigenvalue weighted by Crippen LogP contribution is 2.27. The van der Waals surface area contributed by atoms with Crippen LogP contribution in [-0.2, 0) is 0 Å². The van der Waals surface area contributed by atoms with Gasteiger partial charge in [-0.25, -0.2) is 0 Å². The predicted octanol–water partition coefficient (Wildman–Crippen LogP) is 2.76. The van der Waals surface area contributed by atoms with Gasteiger partial charge >= 0.3 is 0 Å². The first-order chi connectivity index (χ1) is 5.75. The van der Waals surface area contributed by atoms with E-state index in [1.54, 1.807) is 0 Å². The Labute approximate surface area is 77.7 Å². The Balaban J connectivity index is 2.09. The van der Waals surface area contributed by atoms with Gasteiger partial charge in [-0.1, -0.05) is 23.7 Å². The third-order valence-electron chi connectivity index (χ3n) is 2.35. The number of benzene rings is 1. The Hall–Kier alpha value is -0.530. The van der Waals surface area contributed by atoms with Crippen molar-refractivity contribution in [1.29, 1.82) is 0 Å². The van der Waals surface area contributed by atoms with Gasteiger partial charge in [0.05, 0.1) is 0 Å². The normalized spacial score (nSPS) is 28.2. The molecule has 12 heavy (non-hydrogen) atoms. The van der Waals surface area contributed by atoms with Crippen LogP contribution in [0.5, 0.6) is 0 Å². The first-order valence-electron chi connectivity index (χ1n) is 4.27. The van der Waals surface area contributed by atoms with E-state index in [1.165, 1.54) is 12.0 Å². The maximum Gasteiger partial charge on any atom is 0.0406 e. The van der Waals surface area contributed by atoms with Crippen molar-refractivity contribution in [3.63, 3.8) is 0 Å². The van der Waals surface area contributed by atoms with Gasteiger partial charge in [0.1, 0.15) is 0 Å². The average molecular weight is 182 g/mol. The molecule has 64 valence electrons. The van der Waals surface area contributed by atoms with E-state index in [0.29, 0.717) is 12.1 Å². The van der Waals surface area contributed by atoms with E-state index in [1.807, 2.05) is 12.1 Å². The van der Waals surface area contributed by atoms with Crippen LogP contribution in [0.2, 0.25) is 5.02 Å². The highest BCUT2D eigenvalue weighted by Gasteiger charge is 2.24. The molecule has 1 saturated heterocycles. The Kier molecular flexibility index (Phi) is 2.07. The zero-order valence-electron chi connectivity index (χ0n) is 7.05. The van der Waals surface area contributed by atoms with Crippen molar-refractivity contribution >= 4 is 11.6 Å². The van der Waals surface area contributed by atoms with Crippen molar-refractivity contribution in [3.8, 4) is 0 Å². The molecule has 0 amide bonds. The molecule has 2 atom stereocenters. The molecule has 0 spiro atoms. The molecule has 0 radical (unpaired) electrons. The molecule has 1 aromatic carbocycles. The second-order valence-corrected chi connectivity index (χ2v) is 3.84. The summed E-state index contributed by atoms with van der Waals surface area (Å²) in [7, 11) is 0. The molecule has 0 bridgehead atoms. The third-order valence-corrected chi connectivity index (χ3v) is 2.60. The second kappa shape index (κ2) is 3.08. The SMILES string of the molecule is CC1CC(c2ccc(Cl)cc2)N1. The highest BCUT2D eigenvalue weighted by atomic mass is 35.5. The Bertz CT molecular complexity index is 262. The maximum absolute atomic E-state index is 5.79. The van der Waals surface area contributed by atoms with Gasteiger partial charge in [0.2, 0.25) is 0 Å². The molecule has 2 heteroatoms. The van der Waals surface area contributed by atoms with Gasteiger partial charge in [0.25, 0.3) is 0 Å². The molecule has 0 aliphatic carbocycles. The number of hydrogen-bond donors (Lipinski definition) is 1. The summed E-state index contributed by atoms with van der Waals surface area (Å²) >= 11 is 5.79. The minimum atomic E-state index is 0.553. The van der Waals surface area contributed by atoms with Gasteiger partial charge in [0, 0.05) is 17.1 Å². The lowest BCUT2D eigenvalue weighted by molar-refractivity contribution is 0.288. The van der Waals surface area contributed by atoms with Crippen molar-refractivity contribution in [2.24, 2.45) is 0 Å². The van der Waals surface area contributed by atoms with Gasteiger partial charge in [-0.3, -0.25) is 0 Å². The largest absolute Gasteiger partial charge is 0.307 e. The van der Waals surface area contributed by atoms with Gasteiger partial charge in [-0.05, 0) is 31.0 Å². The summed E-state index contributed by atoms with van der Waals surface area (Å²) in [6.45, 7) is 2.20. The van der Waals surface area contributed by atoms with E-state index < -0.39 is 0 Å². The smallest absolute Gasteiger partial charge is 0.0406 e. The zero-order valence-corrected chi connectivity index (χ0v) is 7.81. The Morgan fingerprint density at radius 2 is 1.92 bits per heavy atom. The average Bonchev–Trinajstić information content (AvgIpc) is 2.01. The van der Waals surface area contributed by atoms with Crippen molar-refractivity contribution in [1.82, 2.24) is 5.32 Å². The minimum absolute atomic E-state index is 0.553. The summed E-state index contributed by atoms with van der Waals surface area (Å²) in [5.41, 5.74) is 1.34. The van der Waals surface area contributed by atoms with Crippen LogP contribution in [0, 0.1) is 0 Å². The van der Waals surface area contributed by atoms with Crippen LogP contribution in [0.1, 0.15) is 24.9 Å². The van der Waals surface area contributed by atoms with Gasteiger partial charge in [-0.15, -0.1) is 0 Å². The van der Waals surface area contributed by atoms with Crippen molar-refractivity contribution in [2.75, 3.05) is 0 Å². The predicted molar refractivity (Wildman–Crippen MR) is 51.4 cm³/mol. The van der Waals surface area contributed by atoms with E-state index >= 15 is 0 Å². The Morgan fingerprint density at radius 3 is 2.42 bits per heavy atom. The minimum Gasteiger partial charge on any atom is -0.307 e. The molecule has 2 rings (SSSR count). The molecule has 1 nitrogen and oxygen atoms in total. The molecule has 1 N–H and O–H groups in total. The highest BCUT2D eigenvalue weighted by molar-refractivity contribution is 6.30. The fraction of sp³-hybridized carbons (Fsp3) is 0.400. The van der Waals surface area contributed by atoms with E-state index in [9.17, 15) is 0 Å². The van der Waals surface area contributed by atoms with Crippen LogP contribution in [0.3, 0.4) is 0 Å². The fourth-order valence-corrected chi connectivity index (χ4v) is 1.73. The van der Waals surface area contributed by atoms with E-state index in [2.05, 4.69) is 24.4 Å². The molecule has 1 heterocycles. The van der Waals surface area contributed by atoms with Crippen LogP contribution in [-0.4, -0.2) is 6.04 Å². The number of rotatable bonds is 1. The van der Waals surface area contributed by atoms with Gasteiger partial charge < -0.3 is 5.32 Å². The maximum atomic E-state index is 5.79. The molecular formula is C10H12ClN. The molecule has 1 aromatic rings. The van der Waals surface area contributed by atoms with Crippen LogP contribution in [0.4, 0.5) is 0 Å². The first kappa shape index (κ1) is 8.09. The Morgan fingerprint density at radius 1 is 1.33 bits per heavy atom. The molecular weight excluding hydrogens is 170 g/mol. The van der Waals surface area contributed by atoms with Crippen LogP contribution < -0.4 is 5.32 Å². The quantitative estimate of drug-likeness (QED) is 0.703. The van der Waals surface area contributed by atoms with Gasteiger partial charge in [-0.2, -0.15) is 0 Å². The van der Waals surface area contributed by atoms with E-state index in [-0.39, 0.29) is 0 Å². The van der Waals surface area contributed by atoms with E-state index in [4.69, 9.17) is 11.6 Å². The van der Waals surface area contributed by atoms with Crippen molar-refractivity contribution in [3.05, 3.63) is 34.9 Å². The van der Waals surface area contributed by atoms with Crippen LogP contribution in [0.15, 0.2) is 24.3 Å². The summed E-state index contributed by atoms with van der Waals surface area (Å²) in [6, 6.07) is 9.30. The number of hydrogen-bond acceptors (Lipinski definition) is 1. The fourth-order valence-electron chi connectivity index (χ4n) is 1.60. The monoisotopic (exact) mass is 181 g/mol. The lowest BCUT2D eigenvalue weighted by Crippen LogP contribution is -2.43. The third kappa shape index (κ3) is 1.47.